The Morgan fingerprint density at radius 3 is 3.05 bits per heavy atom. The van der Waals surface area contributed by atoms with Gasteiger partial charge in [0.1, 0.15) is 0 Å². The van der Waals surface area contributed by atoms with E-state index in [0.29, 0.717) is 18.4 Å². The molecule has 4 heteroatoms. The molecule has 1 aromatic carbocycles. The molecule has 0 amide bonds. The summed E-state index contributed by atoms with van der Waals surface area (Å²) >= 11 is 0. The summed E-state index contributed by atoms with van der Waals surface area (Å²) in [6.45, 7) is 5.01. The van der Waals surface area contributed by atoms with Crippen LogP contribution in [0.1, 0.15) is 35.2 Å². The van der Waals surface area contributed by atoms with Crippen molar-refractivity contribution >= 4 is 0 Å². The van der Waals surface area contributed by atoms with Crippen LogP contribution in [0.3, 0.4) is 0 Å². The van der Waals surface area contributed by atoms with Gasteiger partial charge in [-0.3, -0.25) is 0 Å². The highest BCUT2D eigenvalue weighted by Gasteiger charge is 2.23. The molecule has 1 atom stereocenters. The zero-order valence-electron chi connectivity index (χ0n) is 11.5. The molecule has 1 aromatic heterocycles. The monoisotopic (exact) mass is 269 g/mol. The van der Waals surface area contributed by atoms with Crippen molar-refractivity contribution in [3.05, 3.63) is 59.8 Å². The Balaban J connectivity index is 1.67. The second-order valence-corrected chi connectivity index (χ2v) is 5.17. The van der Waals surface area contributed by atoms with Crippen LogP contribution < -0.4 is 5.32 Å². The predicted molar refractivity (Wildman–Crippen MR) is 77.4 cm³/mol. The van der Waals surface area contributed by atoms with Crippen LogP contribution in [0, 0.1) is 0 Å². The molecule has 1 aliphatic carbocycles. The molecule has 2 aromatic rings. The highest BCUT2D eigenvalue weighted by Crippen LogP contribution is 2.30. The van der Waals surface area contributed by atoms with Crippen LogP contribution in [0.5, 0.6) is 0 Å². The lowest BCUT2D eigenvalue weighted by Crippen LogP contribution is -2.15. The van der Waals surface area contributed by atoms with Crippen molar-refractivity contribution in [2.75, 3.05) is 6.54 Å². The summed E-state index contributed by atoms with van der Waals surface area (Å²) < 4.78 is 5.29. The van der Waals surface area contributed by atoms with E-state index in [1.165, 1.54) is 11.1 Å². The third-order valence-electron chi connectivity index (χ3n) is 3.76. The lowest BCUT2D eigenvalue weighted by Gasteiger charge is -2.21. The first kappa shape index (κ1) is 13.1. The van der Waals surface area contributed by atoms with Crippen LogP contribution in [0.25, 0.3) is 0 Å². The third-order valence-corrected chi connectivity index (χ3v) is 3.76. The van der Waals surface area contributed by atoms with Gasteiger partial charge in [-0.05, 0) is 30.4 Å². The first-order chi connectivity index (χ1) is 9.86. The summed E-state index contributed by atoms with van der Waals surface area (Å²) in [5, 5.41) is 7.31. The summed E-state index contributed by atoms with van der Waals surface area (Å²) in [6.07, 6.45) is 5.01. The number of aromatic nitrogens is 2. The molecule has 3 rings (SSSR count). The molecular weight excluding hydrogens is 250 g/mol. The highest BCUT2D eigenvalue weighted by molar-refractivity contribution is 5.31. The second-order valence-electron chi connectivity index (χ2n) is 5.17. The van der Waals surface area contributed by atoms with Gasteiger partial charge in [-0.1, -0.05) is 35.5 Å². The largest absolute Gasteiger partial charge is 0.338 e. The van der Waals surface area contributed by atoms with Gasteiger partial charge in [0.05, 0.1) is 6.54 Å². The van der Waals surface area contributed by atoms with Crippen molar-refractivity contribution in [3.63, 3.8) is 0 Å². The third kappa shape index (κ3) is 2.80. The topological polar surface area (TPSA) is 51.0 Å². The fourth-order valence-electron chi connectivity index (χ4n) is 2.70. The number of hydrogen-bond donors (Lipinski definition) is 1. The predicted octanol–water partition coefficient (Wildman–Crippen LogP) is 2.62. The number of nitrogens with zero attached hydrogens (tertiary/aromatic N) is 2. The van der Waals surface area contributed by atoms with Crippen LogP contribution >= 0.6 is 0 Å². The molecule has 0 fully saturated rings. The normalized spacial score (nSPS) is 17.7. The molecule has 1 N–H and O–H groups in total. The van der Waals surface area contributed by atoms with Crippen molar-refractivity contribution in [1.82, 2.24) is 15.5 Å². The van der Waals surface area contributed by atoms with Gasteiger partial charge in [0.2, 0.25) is 5.89 Å². The van der Waals surface area contributed by atoms with Crippen molar-refractivity contribution < 1.29 is 4.52 Å². The average Bonchev–Trinajstić information content (AvgIpc) is 2.96. The van der Waals surface area contributed by atoms with Crippen LogP contribution in [-0.2, 0) is 19.4 Å². The fraction of sp³-hybridized carbons (Fsp3) is 0.375. The molecule has 0 spiro atoms. The van der Waals surface area contributed by atoms with Crippen LogP contribution in [0.15, 0.2) is 41.4 Å². The minimum absolute atomic E-state index is 0.377. The number of nitrogens with one attached hydrogen (secondary N) is 1. The van der Waals surface area contributed by atoms with E-state index >= 15 is 0 Å². The number of aryl methyl sites for hydroxylation is 1. The van der Waals surface area contributed by atoms with Gasteiger partial charge in [0, 0.05) is 12.5 Å². The van der Waals surface area contributed by atoms with E-state index in [4.69, 9.17) is 4.52 Å². The molecule has 20 heavy (non-hydrogen) atoms. The maximum Gasteiger partial charge on any atom is 0.240 e. The molecule has 0 saturated heterocycles. The zero-order chi connectivity index (χ0) is 13.8. The Bertz CT molecular complexity index is 591. The van der Waals surface area contributed by atoms with E-state index in [0.717, 1.165) is 31.6 Å². The zero-order valence-corrected chi connectivity index (χ0v) is 11.5. The summed E-state index contributed by atoms with van der Waals surface area (Å²) in [6, 6.07) is 8.62. The quantitative estimate of drug-likeness (QED) is 0.669. The van der Waals surface area contributed by atoms with Crippen molar-refractivity contribution in [3.8, 4) is 0 Å². The van der Waals surface area contributed by atoms with Gasteiger partial charge in [-0.2, -0.15) is 4.98 Å². The molecular formula is C16H19N3O. The number of hydrogen-bond acceptors (Lipinski definition) is 4. The minimum atomic E-state index is 0.377. The molecule has 0 radical (unpaired) electrons. The summed E-state index contributed by atoms with van der Waals surface area (Å²) in [7, 11) is 0. The highest BCUT2D eigenvalue weighted by atomic mass is 16.5. The molecule has 4 nitrogen and oxygen atoms in total. The van der Waals surface area contributed by atoms with E-state index in [2.05, 4.69) is 46.3 Å². The lowest BCUT2D eigenvalue weighted by atomic mass is 9.83. The van der Waals surface area contributed by atoms with Crippen LogP contribution in [0.2, 0.25) is 0 Å². The Kier molecular flexibility index (Phi) is 3.92. The number of fused-ring (bicyclic) bond motifs is 1. The molecule has 1 aliphatic rings. The van der Waals surface area contributed by atoms with E-state index in [1.54, 1.807) is 0 Å². The average molecular weight is 269 g/mol. The van der Waals surface area contributed by atoms with Gasteiger partial charge < -0.3 is 9.84 Å². The van der Waals surface area contributed by atoms with Crippen LogP contribution in [0.4, 0.5) is 0 Å². The van der Waals surface area contributed by atoms with E-state index in [-0.39, 0.29) is 0 Å². The van der Waals surface area contributed by atoms with E-state index < -0.39 is 0 Å². The number of rotatable bonds is 5. The molecule has 0 bridgehead atoms. The maximum atomic E-state index is 5.29. The molecule has 1 heterocycles. The maximum absolute atomic E-state index is 5.29. The van der Waals surface area contributed by atoms with Crippen molar-refractivity contribution in [2.24, 2.45) is 0 Å². The smallest absolute Gasteiger partial charge is 0.240 e. The van der Waals surface area contributed by atoms with E-state index in [9.17, 15) is 0 Å². The Labute approximate surface area is 118 Å². The molecule has 1 unspecified atom stereocenters. The molecule has 104 valence electrons. The second kappa shape index (κ2) is 6.01. The standard InChI is InChI=1S/C16H19N3O/c1-2-9-17-11-15-18-16(19-20-15)14-8-7-12-5-3-4-6-13(12)10-14/h2-6,14,17H,1,7-11H2. The lowest BCUT2D eigenvalue weighted by molar-refractivity contribution is 0.360. The first-order valence-electron chi connectivity index (χ1n) is 7.07. The van der Waals surface area contributed by atoms with Gasteiger partial charge in [-0.25, -0.2) is 0 Å². The van der Waals surface area contributed by atoms with Crippen molar-refractivity contribution in [1.29, 1.82) is 0 Å². The fourth-order valence-corrected chi connectivity index (χ4v) is 2.70. The number of benzene rings is 1. The Morgan fingerprint density at radius 1 is 1.35 bits per heavy atom. The van der Waals surface area contributed by atoms with Crippen LogP contribution in [-0.4, -0.2) is 16.7 Å². The van der Waals surface area contributed by atoms with Gasteiger partial charge >= 0.3 is 0 Å². The molecule has 0 saturated carbocycles. The van der Waals surface area contributed by atoms with Gasteiger partial charge in [-0.15, -0.1) is 6.58 Å². The Hall–Kier alpha value is -1.94. The first-order valence-corrected chi connectivity index (χ1v) is 7.07. The Morgan fingerprint density at radius 2 is 2.20 bits per heavy atom. The minimum Gasteiger partial charge on any atom is -0.338 e. The van der Waals surface area contributed by atoms with Gasteiger partial charge in [0.25, 0.3) is 0 Å². The van der Waals surface area contributed by atoms with Gasteiger partial charge in [0.15, 0.2) is 5.82 Å². The summed E-state index contributed by atoms with van der Waals surface area (Å²) in [4.78, 5) is 4.50. The van der Waals surface area contributed by atoms with E-state index in [1.807, 2.05) is 6.08 Å². The van der Waals surface area contributed by atoms with Crippen molar-refractivity contribution in [2.45, 2.75) is 31.7 Å². The summed E-state index contributed by atoms with van der Waals surface area (Å²) in [5.41, 5.74) is 2.88. The molecule has 0 aliphatic heterocycles. The SMILES string of the molecule is C=CCNCc1nc(C2CCc3ccccc3C2)no1. The summed E-state index contributed by atoms with van der Waals surface area (Å²) in [5.74, 6) is 1.87.